The van der Waals surface area contributed by atoms with Crippen LogP contribution >= 0.6 is 0 Å². The lowest BCUT2D eigenvalue weighted by Gasteiger charge is -2.26. The number of ether oxygens (including phenoxy) is 1. The number of benzene rings is 2. The van der Waals surface area contributed by atoms with Crippen molar-refractivity contribution < 1.29 is 18.3 Å². The average molecular weight is 391 g/mol. The fourth-order valence-electron chi connectivity index (χ4n) is 3.48. The predicted octanol–water partition coefficient (Wildman–Crippen LogP) is 3.34. The Hall–Kier alpha value is -2.25. The van der Waals surface area contributed by atoms with Crippen molar-refractivity contribution in [3.05, 3.63) is 53.1 Å². The van der Waals surface area contributed by atoms with Crippen LogP contribution in [0.2, 0.25) is 19.6 Å². The Labute approximate surface area is 158 Å². The summed E-state index contributed by atoms with van der Waals surface area (Å²) in [5, 5.41) is 5.96. The van der Waals surface area contributed by atoms with Gasteiger partial charge in [0.05, 0.1) is 15.2 Å². The molecule has 4 nitrogen and oxygen atoms in total. The van der Waals surface area contributed by atoms with Crippen LogP contribution in [0, 0.1) is 11.6 Å². The van der Waals surface area contributed by atoms with Gasteiger partial charge in [-0.2, -0.15) is 0 Å². The molecule has 2 N–H and O–H groups in total. The molecule has 27 heavy (non-hydrogen) atoms. The van der Waals surface area contributed by atoms with E-state index >= 15 is 0 Å². The van der Waals surface area contributed by atoms with E-state index in [4.69, 9.17) is 4.74 Å². The van der Waals surface area contributed by atoms with Crippen molar-refractivity contribution >= 4 is 24.9 Å². The van der Waals surface area contributed by atoms with Crippen LogP contribution in [0.4, 0.5) is 14.5 Å². The summed E-state index contributed by atoms with van der Waals surface area (Å²) < 4.78 is 34.1. The Morgan fingerprint density at radius 1 is 1.19 bits per heavy atom. The molecule has 1 heterocycles. The third-order valence-electron chi connectivity index (χ3n) is 4.73. The first-order valence-electron chi connectivity index (χ1n) is 8.91. The minimum absolute atomic E-state index is 0.124. The molecular formula is C20H24F2N2O2Si. The lowest BCUT2D eigenvalue weighted by atomic mass is 9.93. The number of carbonyl (C=O) groups excluding carboxylic acids is 1. The summed E-state index contributed by atoms with van der Waals surface area (Å²) >= 11 is 0. The minimum Gasteiger partial charge on any atom is -0.497 e. The number of rotatable bonds is 4. The first-order chi connectivity index (χ1) is 12.7. The number of fused-ring (bicyclic) bond motifs is 1. The molecule has 2 aromatic rings. The highest BCUT2D eigenvalue weighted by atomic mass is 28.3. The molecule has 3 rings (SSSR count). The summed E-state index contributed by atoms with van der Waals surface area (Å²) in [6.45, 7) is 6.27. The van der Waals surface area contributed by atoms with Crippen molar-refractivity contribution in [3.8, 4) is 5.75 Å². The van der Waals surface area contributed by atoms with Crippen LogP contribution in [0.3, 0.4) is 0 Å². The lowest BCUT2D eigenvalue weighted by molar-refractivity contribution is -0.118. The number of amides is 1. The summed E-state index contributed by atoms with van der Waals surface area (Å²) in [4.78, 5) is 12.7. The van der Waals surface area contributed by atoms with Crippen LogP contribution in [0.15, 0.2) is 30.3 Å². The van der Waals surface area contributed by atoms with Gasteiger partial charge in [-0.1, -0.05) is 25.7 Å². The van der Waals surface area contributed by atoms with Gasteiger partial charge in [0.1, 0.15) is 23.4 Å². The average Bonchev–Trinajstić information content (AvgIpc) is 2.58. The maximum atomic E-state index is 14.4. The smallest absolute Gasteiger partial charge is 0.246 e. The zero-order chi connectivity index (χ0) is 19.8. The molecule has 0 aromatic heterocycles. The molecule has 0 aliphatic carbocycles. The molecule has 1 atom stereocenters. The quantitative estimate of drug-likeness (QED) is 0.788. The third kappa shape index (κ3) is 4.04. The molecular weight excluding hydrogens is 366 g/mol. The maximum Gasteiger partial charge on any atom is 0.246 e. The monoisotopic (exact) mass is 390 g/mol. The topological polar surface area (TPSA) is 50.4 Å². The predicted molar refractivity (Wildman–Crippen MR) is 105 cm³/mol. The van der Waals surface area contributed by atoms with Crippen LogP contribution in [0.25, 0.3) is 0 Å². The second kappa shape index (κ2) is 7.40. The molecule has 0 fully saturated rings. The SMILES string of the molecule is COc1ccc2c(c1)CCN[C@H]2C(=O)Nc1cc(F)c([Si](C)(C)C)c(F)c1. The van der Waals surface area contributed by atoms with Crippen molar-refractivity contribution in [2.24, 2.45) is 0 Å². The molecule has 0 unspecified atom stereocenters. The van der Waals surface area contributed by atoms with Gasteiger partial charge in [-0.25, -0.2) is 8.78 Å². The fraction of sp³-hybridized carbons (Fsp3) is 0.350. The van der Waals surface area contributed by atoms with Gasteiger partial charge in [0.25, 0.3) is 0 Å². The van der Waals surface area contributed by atoms with Crippen LogP contribution in [0.5, 0.6) is 5.75 Å². The molecule has 1 amide bonds. The molecule has 0 spiro atoms. The van der Waals surface area contributed by atoms with Gasteiger partial charge in [0.2, 0.25) is 5.91 Å². The summed E-state index contributed by atoms with van der Waals surface area (Å²) in [5.74, 6) is -0.820. The maximum absolute atomic E-state index is 14.4. The van der Waals surface area contributed by atoms with Crippen molar-refractivity contribution in [1.82, 2.24) is 5.32 Å². The van der Waals surface area contributed by atoms with E-state index in [-0.39, 0.29) is 16.8 Å². The van der Waals surface area contributed by atoms with Crippen molar-refractivity contribution in [3.63, 3.8) is 0 Å². The molecule has 144 valence electrons. The van der Waals surface area contributed by atoms with Gasteiger partial charge < -0.3 is 15.4 Å². The first-order valence-corrected chi connectivity index (χ1v) is 12.4. The lowest BCUT2D eigenvalue weighted by Crippen LogP contribution is -2.42. The highest BCUT2D eigenvalue weighted by Crippen LogP contribution is 2.28. The molecule has 0 saturated carbocycles. The molecule has 7 heteroatoms. The van der Waals surface area contributed by atoms with E-state index in [1.807, 2.05) is 31.8 Å². The zero-order valence-corrected chi connectivity index (χ0v) is 17.0. The largest absolute Gasteiger partial charge is 0.497 e. The number of carbonyl (C=O) groups is 1. The highest BCUT2D eigenvalue weighted by Gasteiger charge is 2.29. The van der Waals surface area contributed by atoms with Crippen molar-refractivity contribution in [1.29, 1.82) is 0 Å². The van der Waals surface area contributed by atoms with Gasteiger partial charge in [-0.15, -0.1) is 0 Å². The number of anilines is 1. The third-order valence-corrected chi connectivity index (χ3v) is 6.70. The molecule has 1 aliphatic heterocycles. The zero-order valence-electron chi connectivity index (χ0n) is 16.0. The van der Waals surface area contributed by atoms with Crippen LogP contribution in [0.1, 0.15) is 17.2 Å². The standard InChI is InChI=1S/C20H24F2N2O2Si/c1-26-14-5-6-15-12(9-14)7-8-23-18(15)20(25)24-13-10-16(21)19(17(22)11-13)27(2,3)4/h5-6,9-11,18,23H,7-8H2,1-4H3,(H,24,25)/t18-/m1/s1. The number of methoxy groups -OCH3 is 1. The normalized spacial score (nSPS) is 16.6. The molecule has 0 radical (unpaired) electrons. The van der Waals surface area contributed by atoms with Crippen LogP contribution in [-0.2, 0) is 11.2 Å². The molecule has 0 saturated heterocycles. The summed E-state index contributed by atoms with van der Waals surface area (Å²) in [5.41, 5.74) is 2.00. The molecule has 2 aromatic carbocycles. The number of halogens is 2. The first kappa shape index (κ1) is 19.5. The van der Waals surface area contributed by atoms with Crippen molar-refractivity contribution in [2.45, 2.75) is 32.1 Å². The van der Waals surface area contributed by atoms with E-state index in [1.165, 1.54) is 12.1 Å². The van der Waals surface area contributed by atoms with E-state index in [9.17, 15) is 13.6 Å². The van der Waals surface area contributed by atoms with E-state index < -0.39 is 25.8 Å². The summed E-state index contributed by atoms with van der Waals surface area (Å²) in [7, 11) is -0.564. The fourth-order valence-corrected chi connectivity index (χ4v) is 5.06. The van der Waals surface area contributed by atoms with Gasteiger partial charge in [0, 0.05) is 17.4 Å². The Balaban J connectivity index is 1.85. The van der Waals surface area contributed by atoms with Gasteiger partial charge in [0.15, 0.2) is 0 Å². The Bertz CT molecular complexity index is 858. The van der Waals surface area contributed by atoms with E-state index in [2.05, 4.69) is 10.6 Å². The summed E-state index contributed by atoms with van der Waals surface area (Å²) in [6, 6.07) is 7.38. The van der Waals surface area contributed by atoms with Gasteiger partial charge in [-0.3, -0.25) is 4.79 Å². The summed E-state index contributed by atoms with van der Waals surface area (Å²) in [6.07, 6.45) is 0.782. The number of hydrogen-bond donors (Lipinski definition) is 2. The highest BCUT2D eigenvalue weighted by molar-refractivity contribution is 6.88. The Morgan fingerprint density at radius 3 is 2.44 bits per heavy atom. The Morgan fingerprint density at radius 2 is 1.85 bits per heavy atom. The van der Waals surface area contributed by atoms with E-state index in [0.717, 1.165) is 23.3 Å². The second-order valence-corrected chi connectivity index (χ2v) is 12.8. The number of nitrogens with one attached hydrogen (secondary N) is 2. The van der Waals surface area contributed by atoms with E-state index in [0.29, 0.717) is 6.54 Å². The van der Waals surface area contributed by atoms with Crippen molar-refractivity contribution in [2.75, 3.05) is 19.0 Å². The minimum atomic E-state index is -2.16. The van der Waals surface area contributed by atoms with Gasteiger partial charge in [-0.05, 0) is 41.8 Å². The second-order valence-electron chi connectivity index (χ2n) is 7.76. The number of hydrogen-bond acceptors (Lipinski definition) is 3. The van der Waals surface area contributed by atoms with Crippen LogP contribution in [-0.4, -0.2) is 27.6 Å². The van der Waals surface area contributed by atoms with E-state index in [1.54, 1.807) is 13.2 Å². The Kier molecular flexibility index (Phi) is 5.35. The van der Waals surface area contributed by atoms with Crippen LogP contribution < -0.4 is 20.6 Å². The molecule has 0 bridgehead atoms. The molecule has 1 aliphatic rings. The van der Waals surface area contributed by atoms with Gasteiger partial charge >= 0.3 is 0 Å².